The Kier molecular flexibility index (Phi) is 8.42. The molecule has 0 saturated heterocycles. The van der Waals surface area contributed by atoms with Crippen LogP contribution in [0.25, 0.3) is 0 Å². The van der Waals surface area contributed by atoms with E-state index in [1.165, 1.54) is 19.2 Å². The van der Waals surface area contributed by atoms with E-state index in [1.54, 1.807) is 66.5 Å². The lowest BCUT2D eigenvalue weighted by molar-refractivity contribution is 0.0697. The summed E-state index contributed by atoms with van der Waals surface area (Å²) in [5.74, 6) is -0.477. The zero-order valence-corrected chi connectivity index (χ0v) is 23.6. The van der Waals surface area contributed by atoms with Crippen LogP contribution in [0, 0.1) is 0 Å². The van der Waals surface area contributed by atoms with Gasteiger partial charge >= 0.3 is 5.97 Å². The Labute approximate surface area is 239 Å². The smallest absolute Gasteiger partial charge is 0.337 e. The fraction of sp³-hybridized carbons (Fsp3) is 0.182. The van der Waals surface area contributed by atoms with Crippen LogP contribution in [0.1, 0.15) is 57.4 Å². The van der Waals surface area contributed by atoms with Gasteiger partial charge in [-0.25, -0.2) is 4.79 Å². The number of methoxy groups -OCH3 is 1. The van der Waals surface area contributed by atoms with E-state index in [2.05, 4.69) is 26.1 Å². The fourth-order valence-corrected chi connectivity index (χ4v) is 4.11. The molecule has 0 radical (unpaired) electrons. The van der Waals surface area contributed by atoms with Gasteiger partial charge in [0.25, 0.3) is 11.8 Å². The van der Waals surface area contributed by atoms with Gasteiger partial charge in [-0.3, -0.25) is 9.59 Å². The van der Waals surface area contributed by atoms with E-state index in [0.717, 1.165) is 5.56 Å². The number of hydrogen-bond acceptors (Lipinski definition) is 5. The molecule has 0 unspecified atom stereocenters. The van der Waals surface area contributed by atoms with Gasteiger partial charge in [-0.1, -0.05) is 32.9 Å². The summed E-state index contributed by atoms with van der Waals surface area (Å²) in [6.45, 7) is 6.37. The number of ether oxygens (including phenoxy) is 2. The maximum Gasteiger partial charge on any atom is 0.337 e. The molecular weight excluding hydrogens is 520 g/mol. The standard InChI is InChI=1S/C33H32N2O6/c1-33(2,3)23-10-6-22(7-11-23)31(37)35(4)24-12-16-26(17-13-24)41-27-18-19-29(28(20-27)32(38)39)34-30(36)21-8-14-25(40-5)15-9-21/h6-20H,1-5H3,(H,34,36)(H,38,39). The molecule has 0 bridgehead atoms. The first-order valence-corrected chi connectivity index (χ1v) is 13.0. The van der Waals surface area contributed by atoms with Crippen molar-refractivity contribution >= 4 is 29.2 Å². The molecule has 41 heavy (non-hydrogen) atoms. The molecule has 4 rings (SSSR count). The lowest BCUT2D eigenvalue weighted by Gasteiger charge is -2.21. The van der Waals surface area contributed by atoms with Crippen LogP contribution in [0.4, 0.5) is 11.4 Å². The van der Waals surface area contributed by atoms with Gasteiger partial charge in [-0.2, -0.15) is 0 Å². The van der Waals surface area contributed by atoms with Gasteiger partial charge in [-0.15, -0.1) is 0 Å². The number of amides is 2. The SMILES string of the molecule is COc1ccc(C(=O)Nc2ccc(Oc3ccc(N(C)C(=O)c4ccc(C(C)(C)C)cc4)cc3)cc2C(=O)O)cc1. The van der Waals surface area contributed by atoms with Crippen LogP contribution in [0.5, 0.6) is 17.2 Å². The van der Waals surface area contributed by atoms with Crippen molar-refractivity contribution in [3.63, 3.8) is 0 Å². The average molecular weight is 553 g/mol. The van der Waals surface area contributed by atoms with Gasteiger partial charge in [0.1, 0.15) is 17.2 Å². The van der Waals surface area contributed by atoms with Crippen molar-refractivity contribution in [3.05, 3.63) is 113 Å². The minimum Gasteiger partial charge on any atom is -0.497 e. The monoisotopic (exact) mass is 552 g/mol. The normalized spacial score (nSPS) is 11.0. The summed E-state index contributed by atoms with van der Waals surface area (Å²) in [6.07, 6.45) is 0. The summed E-state index contributed by atoms with van der Waals surface area (Å²) in [5, 5.41) is 12.4. The summed E-state index contributed by atoms with van der Waals surface area (Å²) in [6, 6.07) is 25.4. The van der Waals surface area contributed by atoms with E-state index < -0.39 is 11.9 Å². The summed E-state index contributed by atoms with van der Waals surface area (Å²) in [4.78, 5) is 39.1. The Balaban J connectivity index is 1.45. The Bertz CT molecular complexity index is 1550. The third kappa shape index (κ3) is 6.91. The second kappa shape index (κ2) is 12.0. The predicted molar refractivity (Wildman–Crippen MR) is 159 cm³/mol. The molecule has 0 saturated carbocycles. The van der Waals surface area contributed by atoms with Crippen LogP contribution in [0.3, 0.4) is 0 Å². The zero-order valence-electron chi connectivity index (χ0n) is 23.6. The topological polar surface area (TPSA) is 105 Å². The van der Waals surface area contributed by atoms with E-state index in [-0.39, 0.29) is 28.3 Å². The Morgan fingerprint density at radius 2 is 1.32 bits per heavy atom. The first-order chi connectivity index (χ1) is 19.5. The fourth-order valence-electron chi connectivity index (χ4n) is 4.11. The highest BCUT2D eigenvalue weighted by Crippen LogP contribution is 2.29. The number of benzene rings is 4. The molecule has 0 spiro atoms. The van der Waals surface area contributed by atoms with Crippen molar-refractivity contribution in [3.8, 4) is 17.2 Å². The van der Waals surface area contributed by atoms with Gasteiger partial charge in [0, 0.05) is 23.9 Å². The summed E-state index contributed by atoms with van der Waals surface area (Å²) in [7, 11) is 3.23. The maximum atomic E-state index is 13.0. The zero-order chi connectivity index (χ0) is 29.7. The van der Waals surface area contributed by atoms with Gasteiger partial charge in [0.05, 0.1) is 18.4 Å². The Morgan fingerprint density at radius 3 is 1.88 bits per heavy atom. The molecule has 8 heteroatoms. The highest BCUT2D eigenvalue weighted by molar-refractivity contribution is 6.08. The van der Waals surface area contributed by atoms with Crippen LogP contribution >= 0.6 is 0 Å². The van der Waals surface area contributed by atoms with Crippen LogP contribution < -0.4 is 19.7 Å². The number of nitrogens with zero attached hydrogens (tertiary/aromatic N) is 1. The molecule has 0 atom stereocenters. The van der Waals surface area contributed by atoms with E-state index in [9.17, 15) is 19.5 Å². The van der Waals surface area contributed by atoms with Gasteiger partial charge in [0.2, 0.25) is 0 Å². The molecule has 0 heterocycles. The molecule has 210 valence electrons. The Hall–Kier alpha value is -5.11. The third-order valence-electron chi connectivity index (χ3n) is 6.58. The number of anilines is 2. The lowest BCUT2D eigenvalue weighted by Crippen LogP contribution is -2.26. The first kappa shape index (κ1) is 28.9. The van der Waals surface area contributed by atoms with Crippen molar-refractivity contribution in [1.82, 2.24) is 0 Å². The van der Waals surface area contributed by atoms with Crippen LogP contribution in [0.15, 0.2) is 91.0 Å². The van der Waals surface area contributed by atoms with Crippen molar-refractivity contribution in [2.24, 2.45) is 0 Å². The number of carbonyl (C=O) groups excluding carboxylic acids is 2. The number of rotatable bonds is 8. The molecule has 0 aromatic heterocycles. The first-order valence-electron chi connectivity index (χ1n) is 13.0. The molecule has 2 N–H and O–H groups in total. The number of carboxylic acids is 1. The van der Waals surface area contributed by atoms with Crippen molar-refractivity contribution in [2.75, 3.05) is 24.4 Å². The summed E-state index contributed by atoms with van der Waals surface area (Å²) >= 11 is 0. The predicted octanol–water partition coefficient (Wildman–Crippen LogP) is 7.01. The minimum absolute atomic E-state index is 0.0000545. The molecule has 8 nitrogen and oxygen atoms in total. The van der Waals surface area contributed by atoms with Crippen molar-refractivity contribution in [2.45, 2.75) is 26.2 Å². The van der Waals surface area contributed by atoms with Crippen LogP contribution in [-0.2, 0) is 5.41 Å². The van der Waals surface area contributed by atoms with Crippen LogP contribution in [-0.4, -0.2) is 37.0 Å². The van der Waals surface area contributed by atoms with Crippen LogP contribution in [0.2, 0.25) is 0 Å². The van der Waals surface area contributed by atoms with Crippen molar-refractivity contribution < 1.29 is 29.0 Å². The second-order valence-corrected chi connectivity index (χ2v) is 10.5. The number of nitrogens with one attached hydrogen (secondary N) is 1. The molecule has 0 aliphatic carbocycles. The highest BCUT2D eigenvalue weighted by Gasteiger charge is 2.18. The molecule has 0 aliphatic heterocycles. The number of aromatic carboxylic acids is 1. The van der Waals surface area contributed by atoms with E-state index in [4.69, 9.17) is 9.47 Å². The summed E-state index contributed by atoms with van der Waals surface area (Å²) in [5.41, 5.74) is 2.77. The number of carboxylic acid groups (broad SMARTS) is 1. The largest absolute Gasteiger partial charge is 0.497 e. The van der Waals surface area contributed by atoms with Gasteiger partial charge in [0.15, 0.2) is 0 Å². The molecule has 2 amide bonds. The third-order valence-corrected chi connectivity index (χ3v) is 6.58. The summed E-state index contributed by atoms with van der Waals surface area (Å²) < 4.78 is 11.0. The molecule has 4 aromatic carbocycles. The highest BCUT2D eigenvalue weighted by atomic mass is 16.5. The maximum absolute atomic E-state index is 13.0. The number of hydrogen-bond donors (Lipinski definition) is 2. The minimum atomic E-state index is -1.22. The van der Waals surface area contributed by atoms with Gasteiger partial charge < -0.3 is 24.8 Å². The molecule has 4 aromatic rings. The quantitative estimate of drug-likeness (QED) is 0.244. The lowest BCUT2D eigenvalue weighted by atomic mass is 9.86. The van der Waals surface area contributed by atoms with E-state index in [1.807, 2.05) is 24.3 Å². The molecule has 0 fully saturated rings. The van der Waals surface area contributed by atoms with E-state index in [0.29, 0.717) is 28.3 Å². The van der Waals surface area contributed by atoms with Gasteiger partial charge in [-0.05, 0) is 89.8 Å². The average Bonchev–Trinajstić information content (AvgIpc) is 2.97. The molecule has 0 aliphatic rings. The Morgan fingerprint density at radius 1 is 0.756 bits per heavy atom. The van der Waals surface area contributed by atoms with Crippen molar-refractivity contribution in [1.29, 1.82) is 0 Å². The van der Waals surface area contributed by atoms with E-state index >= 15 is 0 Å². The number of carbonyl (C=O) groups is 3. The molecular formula is C33H32N2O6. The second-order valence-electron chi connectivity index (χ2n) is 10.5.